The molecule has 2 aromatic rings. The average Bonchev–Trinajstić information content (AvgIpc) is 3.27. The quantitative estimate of drug-likeness (QED) is 0.518. The smallest absolute Gasteiger partial charge is 0.244 e. The SMILES string of the molecule is O=C(/C=C/c1ccco1)NCCCCNC(=O)CCc1ccco1. The fourth-order valence-corrected chi connectivity index (χ4v) is 2.07. The van der Waals surface area contributed by atoms with Gasteiger partial charge in [-0.1, -0.05) is 0 Å². The molecular formula is C18H22N2O4. The Kier molecular flexibility index (Phi) is 7.40. The molecule has 2 N–H and O–H groups in total. The van der Waals surface area contributed by atoms with Gasteiger partial charge < -0.3 is 19.5 Å². The lowest BCUT2D eigenvalue weighted by molar-refractivity contribution is -0.121. The van der Waals surface area contributed by atoms with Gasteiger partial charge in [0.15, 0.2) is 0 Å². The molecule has 2 rings (SSSR count). The standard InChI is InChI=1S/C18H22N2O4/c21-17(9-7-15-5-3-13-23-15)19-11-1-2-12-20-18(22)10-8-16-6-4-14-24-16/h3-7,9,13-14H,1-2,8,10-12H2,(H,19,21)(H,20,22)/b9-7+. The van der Waals surface area contributed by atoms with Crippen molar-refractivity contribution in [2.45, 2.75) is 25.7 Å². The molecule has 24 heavy (non-hydrogen) atoms. The predicted molar refractivity (Wildman–Crippen MR) is 90.0 cm³/mol. The third kappa shape index (κ3) is 7.00. The van der Waals surface area contributed by atoms with E-state index in [1.54, 1.807) is 30.7 Å². The molecule has 6 heteroatoms. The van der Waals surface area contributed by atoms with Crippen molar-refractivity contribution < 1.29 is 18.4 Å². The predicted octanol–water partition coefficient (Wildman–Crippen LogP) is 2.53. The number of nitrogens with one attached hydrogen (secondary N) is 2. The number of amides is 2. The van der Waals surface area contributed by atoms with Gasteiger partial charge in [-0.3, -0.25) is 9.59 Å². The molecule has 0 aliphatic carbocycles. The first kappa shape index (κ1) is 17.6. The van der Waals surface area contributed by atoms with Crippen LogP contribution in [0.15, 0.2) is 51.7 Å². The Morgan fingerprint density at radius 2 is 1.75 bits per heavy atom. The second-order valence-corrected chi connectivity index (χ2v) is 5.28. The summed E-state index contributed by atoms with van der Waals surface area (Å²) >= 11 is 0. The van der Waals surface area contributed by atoms with Crippen LogP contribution in [0.25, 0.3) is 6.08 Å². The second kappa shape index (κ2) is 10.1. The summed E-state index contributed by atoms with van der Waals surface area (Å²) in [6.45, 7) is 1.18. The fraction of sp³-hybridized carbons (Fsp3) is 0.333. The van der Waals surface area contributed by atoms with Crippen LogP contribution in [0.5, 0.6) is 0 Å². The van der Waals surface area contributed by atoms with E-state index in [0.29, 0.717) is 31.7 Å². The van der Waals surface area contributed by atoms with Crippen LogP contribution in [0.3, 0.4) is 0 Å². The zero-order valence-corrected chi connectivity index (χ0v) is 13.5. The molecule has 0 bridgehead atoms. The molecule has 2 aromatic heterocycles. The van der Waals surface area contributed by atoms with E-state index in [0.717, 1.165) is 18.6 Å². The molecule has 0 fully saturated rings. The summed E-state index contributed by atoms with van der Waals surface area (Å²) in [6, 6.07) is 7.21. The van der Waals surface area contributed by atoms with E-state index in [1.807, 2.05) is 12.1 Å². The molecule has 0 saturated carbocycles. The van der Waals surface area contributed by atoms with E-state index in [9.17, 15) is 9.59 Å². The van der Waals surface area contributed by atoms with E-state index in [4.69, 9.17) is 8.83 Å². The van der Waals surface area contributed by atoms with Crippen molar-refractivity contribution in [2.24, 2.45) is 0 Å². The molecule has 0 aliphatic heterocycles. The first-order chi connectivity index (χ1) is 11.7. The number of hydrogen-bond acceptors (Lipinski definition) is 4. The van der Waals surface area contributed by atoms with E-state index in [2.05, 4.69) is 10.6 Å². The van der Waals surface area contributed by atoms with Crippen LogP contribution in [0.4, 0.5) is 0 Å². The van der Waals surface area contributed by atoms with Crippen molar-refractivity contribution >= 4 is 17.9 Å². The highest BCUT2D eigenvalue weighted by atomic mass is 16.3. The lowest BCUT2D eigenvalue weighted by atomic mass is 10.2. The van der Waals surface area contributed by atoms with E-state index in [1.165, 1.54) is 6.08 Å². The zero-order valence-electron chi connectivity index (χ0n) is 13.5. The number of hydrogen-bond donors (Lipinski definition) is 2. The van der Waals surface area contributed by atoms with E-state index in [-0.39, 0.29) is 11.8 Å². The van der Waals surface area contributed by atoms with Crippen LogP contribution >= 0.6 is 0 Å². The molecule has 0 unspecified atom stereocenters. The first-order valence-corrected chi connectivity index (χ1v) is 8.02. The van der Waals surface area contributed by atoms with Gasteiger partial charge in [0, 0.05) is 32.0 Å². The van der Waals surface area contributed by atoms with Crippen LogP contribution in [0, 0.1) is 0 Å². The maximum Gasteiger partial charge on any atom is 0.244 e. The fourth-order valence-electron chi connectivity index (χ4n) is 2.07. The van der Waals surface area contributed by atoms with Crippen LogP contribution in [-0.4, -0.2) is 24.9 Å². The van der Waals surface area contributed by atoms with Crippen LogP contribution in [0.2, 0.25) is 0 Å². The highest BCUT2D eigenvalue weighted by molar-refractivity contribution is 5.91. The van der Waals surface area contributed by atoms with Crippen LogP contribution < -0.4 is 10.6 Å². The number of aryl methyl sites for hydroxylation is 1. The molecule has 0 saturated heterocycles. The molecule has 6 nitrogen and oxygen atoms in total. The van der Waals surface area contributed by atoms with Crippen molar-refractivity contribution in [1.82, 2.24) is 10.6 Å². The van der Waals surface area contributed by atoms with Crippen molar-refractivity contribution in [3.05, 3.63) is 54.4 Å². The summed E-state index contributed by atoms with van der Waals surface area (Å²) in [5.41, 5.74) is 0. The third-order valence-corrected chi connectivity index (χ3v) is 3.35. The minimum absolute atomic E-state index is 0.0109. The summed E-state index contributed by atoms with van der Waals surface area (Å²) in [7, 11) is 0. The molecule has 128 valence electrons. The van der Waals surface area contributed by atoms with E-state index >= 15 is 0 Å². The molecule has 0 radical (unpaired) electrons. The van der Waals surface area contributed by atoms with Gasteiger partial charge >= 0.3 is 0 Å². The van der Waals surface area contributed by atoms with Gasteiger partial charge in [0.05, 0.1) is 12.5 Å². The highest BCUT2D eigenvalue weighted by Gasteiger charge is 2.03. The van der Waals surface area contributed by atoms with E-state index < -0.39 is 0 Å². The maximum absolute atomic E-state index is 11.6. The first-order valence-electron chi connectivity index (χ1n) is 8.02. The minimum atomic E-state index is -0.158. The van der Waals surface area contributed by atoms with Gasteiger partial charge in [-0.15, -0.1) is 0 Å². The van der Waals surface area contributed by atoms with Gasteiger partial charge in [0.25, 0.3) is 0 Å². The summed E-state index contributed by atoms with van der Waals surface area (Å²) in [5, 5.41) is 5.64. The van der Waals surface area contributed by atoms with Gasteiger partial charge in [0.1, 0.15) is 11.5 Å². The Balaban J connectivity index is 1.46. The van der Waals surface area contributed by atoms with Crippen molar-refractivity contribution in [2.75, 3.05) is 13.1 Å². The molecule has 0 atom stereocenters. The van der Waals surface area contributed by atoms with Crippen LogP contribution in [0.1, 0.15) is 30.8 Å². The summed E-state index contributed by atoms with van der Waals surface area (Å²) in [6.07, 6.45) is 8.86. The minimum Gasteiger partial charge on any atom is -0.469 e. The molecular weight excluding hydrogens is 308 g/mol. The van der Waals surface area contributed by atoms with Gasteiger partial charge in [-0.05, 0) is 43.2 Å². The van der Waals surface area contributed by atoms with Crippen LogP contribution in [-0.2, 0) is 16.0 Å². The number of carbonyl (C=O) groups is 2. The van der Waals surface area contributed by atoms with Crippen molar-refractivity contribution in [3.63, 3.8) is 0 Å². The van der Waals surface area contributed by atoms with Crippen molar-refractivity contribution in [1.29, 1.82) is 0 Å². The van der Waals surface area contributed by atoms with Crippen molar-refractivity contribution in [3.8, 4) is 0 Å². The summed E-state index contributed by atoms with van der Waals surface area (Å²) in [5.74, 6) is 1.31. The molecule has 2 amide bonds. The number of carbonyl (C=O) groups excluding carboxylic acids is 2. The Hall–Kier alpha value is -2.76. The summed E-state index contributed by atoms with van der Waals surface area (Å²) < 4.78 is 10.3. The molecule has 0 aliphatic rings. The number of unbranched alkanes of at least 4 members (excludes halogenated alkanes) is 1. The average molecular weight is 330 g/mol. The Morgan fingerprint density at radius 3 is 2.46 bits per heavy atom. The number of furan rings is 2. The van der Waals surface area contributed by atoms with Gasteiger partial charge in [-0.2, -0.15) is 0 Å². The third-order valence-electron chi connectivity index (χ3n) is 3.35. The Bertz CT molecular complexity index is 630. The topological polar surface area (TPSA) is 84.5 Å². The molecule has 0 spiro atoms. The van der Waals surface area contributed by atoms with Gasteiger partial charge in [0.2, 0.25) is 11.8 Å². The second-order valence-electron chi connectivity index (χ2n) is 5.28. The number of rotatable bonds is 10. The largest absolute Gasteiger partial charge is 0.469 e. The normalized spacial score (nSPS) is 10.8. The maximum atomic E-state index is 11.6. The molecule has 0 aromatic carbocycles. The highest BCUT2D eigenvalue weighted by Crippen LogP contribution is 2.03. The zero-order chi connectivity index (χ0) is 17.0. The lowest BCUT2D eigenvalue weighted by Gasteiger charge is -2.05. The Morgan fingerprint density at radius 1 is 1.00 bits per heavy atom. The lowest BCUT2D eigenvalue weighted by Crippen LogP contribution is -2.26. The van der Waals surface area contributed by atoms with Gasteiger partial charge in [-0.25, -0.2) is 0 Å². The monoisotopic (exact) mass is 330 g/mol. The Labute approximate surface area is 140 Å². The molecule has 2 heterocycles. The summed E-state index contributed by atoms with van der Waals surface area (Å²) in [4.78, 5) is 23.2.